The summed E-state index contributed by atoms with van der Waals surface area (Å²) in [6, 6.07) is 2.08. The number of aromatic nitrogens is 3. The average molecular weight is 188 g/mol. The maximum atomic E-state index is 5.55. The predicted octanol–water partition coefficient (Wildman–Crippen LogP) is 1.07. The van der Waals surface area contributed by atoms with E-state index < -0.39 is 0 Å². The second-order valence-electron chi connectivity index (χ2n) is 3.75. The highest BCUT2D eigenvalue weighted by Crippen LogP contribution is 2.39. The van der Waals surface area contributed by atoms with Gasteiger partial charge in [0.15, 0.2) is 0 Å². The first kappa shape index (κ1) is 7.94. The Hall–Kier alpha value is -1.42. The van der Waals surface area contributed by atoms with Crippen LogP contribution in [0.4, 0.5) is 0 Å². The molecule has 4 nitrogen and oxygen atoms in total. The summed E-state index contributed by atoms with van der Waals surface area (Å²) in [6.07, 6.45) is 6.40. The Morgan fingerprint density at radius 1 is 1.50 bits per heavy atom. The van der Waals surface area contributed by atoms with Gasteiger partial charge in [0.1, 0.15) is 0 Å². The van der Waals surface area contributed by atoms with Crippen LogP contribution in [0, 0.1) is 0 Å². The fraction of sp³-hybridized carbons (Fsp3) is 0.400. The molecule has 1 aliphatic carbocycles. The van der Waals surface area contributed by atoms with Crippen LogP contribution in [0.1, 0.15) is 30.1 Å². The second kappa shape index (κ2) is 2.78. The van der Waals surface area contributed by atoms with Crippen LogP contribution in [0.25, 0.3) is 5.78 Å². The Kier molecular flexibility index (Phi) is 1.58. The van der Waals surface area contributed by atoms with Crippen molar-refractivity contribution in [2.24, 2.45) is 5.73 Å². The number of hydrogen-bond acceptors (Lipinski definition) is 3. The quantitative estimate of drug-likeness (QED) is 0.766. The predicted molar refractivity (Wildman–Crippen MR) is 52.9 cm³/mol. The number of imidazole rings is 1. The van der Waals surface area contributed by atoms with Gasteiger partial charge in [0.2, 0.25) is 5.78 Å². The van der Waals surface area contributed by atoms with E-state index in [9.17, 15) is 0 Å². The van der Waals surface area contributed by atoms with Gasteiger partial charge in [-0.25, -0.2) is 9.97 Å². The highest BCUT2D eigenvalue weighted by Gasteiger charge is 2.26. The molecule has 14 heavy (non-hydrogen) atoms. The van der Waals surface area contributed by atoms with E-state index >= 15 is 0 Å². The molecule has 0 aromatic carbocycles. The van der Waals surface area contributed by atoms with Crippen LogP contribution < -0.4 is 5.73 Å². The first-order valence-corrected chi connectivity index (χ1v) is 4.91. The van der Waals surface area contributed by atoms with Gasteiger partial charge in [-0.1, -0.05) is 0 Å². The molecule has 72 valence electrons. The molecule has 2 N–H and O–H groups in total. The van der Waals surface area contributed by atoms with E-state index in [0.29, 0.717) is 12.5 Å². The lowest BCUT2D eigenvalue weighted by Gasteiger charge is -2.00. The summed E-state index contributed by atoms with van der Waals surface area (Å²) in [5.74, 6) is 1.48. The summed E-state index contributed by atoms with van der Waals surface area (Å²) in [7, 11) is 0. The normalized spacial score (nSPS) is 16.4. The molecule has 4 heteroatoms. The molecule has 1 aliphatic rings. The Bertz CT molecular complexity index is 470. The SMILES string of the molecule is NCc1cn2c(C3CC3)ccnc2n1. The van der Waals surface area contributed by atoms with Crippen molar-refractivity contribution in [3.05, 3.63) is 29.8 Å². The Labute approximate surface area is 81.8 Å². The fourth-order valence-electron chi connectivity index (χ4n) is 1.77. The molecule has 0 spiro atoms. The highest BCUT2D eigenvalue weighted by atomic mass is 15.1. The first-order chi connectivity index (χ1) is 6.88. The van der Waals surface area contributed by atoms with Crippen LogP contribution in [0.15, 0.2) is 18.5 Å². The third-order valence-electron chi connectivity index (χ3n) is 2.66. The molecule has 0 unspecified atom stereocenters. The van der Waals surface area contributed by atoms with Crippen LogP contribution in [0.2, 0.25) is 0 Å². The third kappa shape index (κ3) is 1.11. The smallest absolute Gasteiger partial charge is 0.234 e. The van der Waals surface area contributed by atoms with E-state index in [1.54, 1.807) is 0 Å². The Balaban J connectivity index is 2.23. The van der Waals surface area contributed by atoms with E-state index in [-0.39, 0.29) is 0 Å². The molecule has 0 bridgehead atoms. The van der Waals surface area contributed by atoms with Crippen molar-refractivity contribution >= 4 is 5.78 Å². The maximum Gasteiger partial charge on any atom is 0.234 e. The van der Waals surface area contributed by atoms with E-state index in [1.807, 2.05) is 12.4 Å². The molecule has 1 saturated carbocycles. The number of fused-ring (bicyclic) bond motifs is 1. The molecule has 0 amide bonds. The van der Waals surface area contributed by atoms with Crippen LogP contribution >= 0.6 is 0 Å². The number of rotatable bonds is 2. The molecule has 0 aliphatic heterocycles. The largest absolute Gasteiger partial charge is 0.325 e. The zero-order valence-corrected chi connectivity index (χ0v) is 7.85. The van der Waals surface area contributed by atoms with Crippen molar-refractivity contribution in [1.82, 2.24) is 14.4 Å². The molecular formula is C10H12N4. The molecule has 0 radical (unpaired) electrons. The summed E-state index contributed by atoms with van der Waals surface area (Å²) in [4.78, 5) is 8.55. The minimum atomic E-state index is 0.480. The molecule has 3 rings (SSSR count). The van der Waals surface area contributed by atoms with Crippen molar-refractivity contribution < 1.29 is 0 Å². The zero-order chi connectivity index (χ0) is 9.54. The lowest BCUT2D eigenvalue weighted by atomic mass is 10.3. The minimum absolute atomic E-state index is 0.480. The van der Waals surface area contributed by atoms with Gasteiger partial charge in [-0.3, -0.25) is 4.40 Å². The number of nitrogens with zero attached hydrogens (tertiary/aromatic N) is 3. The van der Waals surface area contributed by atoms with Gasteiger partial charge in [-0.15, -0.1) is 0 Å². The summed E-state index contributed by atoms with van der Waals surface area (Å²) < 4.78 is 2.07. The van der Waals surface area contributed by atoms with Gasteiger partial charge in [0.05, 0.1) is 5.69 Å². The Morgan fingerprint density at radius 3 is 3.07 bits per heavy atom. The fourth-order valence-corrected chi connectivity index (χ4v) is 1.77. The first-order valence-electron chi connectivity index (χ1n) is 4.91. The number of nitrogens with two attached hydrogens (primary N) is 1. The lowest BCUT2D eigenvalue weighted by Crippen LogP contribution is -1.95. The van der Waals surface area contributed by atoms with Crippen molar-refractivity contribution in [3.63, 3.8) is 0 Å². The van der Waals surface area contributed by atoms with Gasteiger partial charge in [-0.05, 0) is 24.8 Å². The van der Waals surface area contributed by atoms with Gasteiger partial charge in [0.25, 0.3) is 0 Å². The summed E-state index contributed by atoms with van der Waals surface area (Å²) in [5, 5.41) is 0. The molecular weight excluding hydrogens is 176 g/mol. The molecule has 2 heterocycles. The molecule has 2 aromatic rings. The standard InChI is InChI=1S/C10H12N4/c11-5-8-6-14-9(7-1-2-7)3-4-12-10(14)13-8/h3-4,6-7H,1-2,5,11H2. The van der Waals surface area contributed by atoms with Crippen LogP contribution in [-0.4, -0.2) is 14.4 Å². The maximum absolute atomic E-state index is 5.55. The zero-order valence-electron chi connectivity index (χ0n) is 7.85. The van der Waals surface area contributed by atoms with Gasteiger partial charge < -0.3 is 5.73 Å². The highest BCUT2D eigenvalue weighted by molar-refractivity contribution is 5.35. The summed E-state index contributed by atoms with van der Waals surface area (Å²) in [5.41, 5.74) is 7.78. The summed E-state index contributed by atoms with van der Waals surface area (Å²) in [6.45, 7) is 0.480. The van der Waals surface area contributed by atoms with Crippen molar-refractivity contribution in [3.8, 4) is 0 Å². The van der Waals surface area contributed by atoms with Crippen molar-refractivity contribution in [2.45, 2.75) is 25.3 Å². The monoisotopic (exact) mass is 188 g/mol. The van der Waals surface area contributed by atoms with Gasteiger partial charge in [0, 0.05) is 24.6 Å². The molecule has 0 saturated heterocycles. The number of hydrogen-bond donors (Lipinski definition) is 1. The molecule has 1 fully saturated rings. The van der Waals surface area contributed by atoms with E-state index in [0.717, 1.165) is 11.5 Å². The van der Waals surface area contributed by atoms with E-state index in [2.05, 4.69) is 20.4 Å². The third-order valence-corrected chi connectivity index (χ3v) is 2.66. The molecule has 0 atom stereocenters. The minimum Gasteiger partial charge on any atom is -0.325 e. The topological polar surface area (TPSA) is 56.2 Å². The van der Waals surface area contributed by atoms with Crippen molar-refractivity contribution in [1.29, 1.82) is 0 Å². The second-order valence-corrected chi connectivity index (χ2v) is 3.75. The average Bonchev–Trinajstić information content (AvgIpc) is 2.96. The van der Waals surface area contributed by atoms with E-state index in [1.165, 1.54) is 18.5 Å². The molecule has 2 aromatic heterocycles. The van der Waals surface area contributed by atoms with Crippen LogP contribution in [0.5, 0.6) is 0 Å². The lowest BCUT2D eigenvalue weighted by molar-refractivity contribution is 0.941. The summed E-state index contributed by atoms with van der Waals surface area (Å²) >= 11 is 0. The van der Waals surface area contributed by atoms with Crippen LogP contribution in [0.3, 0.4) is 0 Å². The van der Waals surface area contributed by atoms with Gasteiger partial charge in [-0.2, -0.15) is 0 Å². The van der Waals surface area contributed by atoms with Gasteiger partial charge >= 0.3 is 0 Å². The van der Waals surface area contributed by atoms with E-state index in [4.69, 9.17) is 5.73 Å². The van der Waals surface area contributed by atoms with Crippen molar-refractivity contribution in [2.75, 3.05) is 0 Å². The van der Waals surface area contributed by atoms with Crippen LogP contribution in [-0.2, 0) is 6.54 Å². The Morgan fingerprint density at radius 2 is 2.36 bits per heavy atom.